The number of pyridine rings is 1. The molecule has 5 nitrogen and oxygen atoms in total. The normalized spacial score (nSPS) is 10.8. The zero-order valence-corrected chi connectivity index (χ0v) is 12.9. The van der Waals surface area contributed by atoms with E-state index in [1.807, 2.05) is 12.1 Å². The summed E-state index contributed by atoms with van der Waals surface area (Å²) in [4.78, 5) is 23.4. The molecule has 6 heteroatoms. The van der Waals surface area contributed by atoms with Crippen LogP contribution in [-0.4, -0.2) is 32.4 Å². The minimum Gasteiger partial charge on any atom is -0.396 e. The molecule has 2 N–H and O–H groups in total. The monoisotopic (exact) mass is 325 g/mol. The van der Waals surface area contributed by atoms with Gasteiger partial charge in [0, 0.05) is 36.5 Å². The molecule has 0 saturated carbocycles. The van der Waals surface area contributed by atoms with E-state index in [2.05, 4.69) is 15.0 Å². The number of aliphatic hydroxyl groups is 1. The first kappa shape index (κ1) is 16.0. The van der Waals surface area contributed by atoms with E-state index in [9.17, 15) is 9.18 Å². The third-order valence-electron chi connectivity index (χ3n) is 3.59. The number of aromatic nitrogens is 3. The second-order valence-corrected chi connectivity index (χ2v) is 5.34. The molecular weight excluding hydrogens is 309 g/mol. The zero-order valence-electron chi connectivity index (χ0n) is 12.9. The molecule has 3 rings (SSSR count). The van der Waals surface area contributed by atoms with E-state index in [1.54, 1.807) is 24.5 Å². The molecule has 0 saturated heterocycles. The number of carbonyl (C=O) groups is 1. The van der Waals surface area contributed by atoms with Crippen LogP contribution in [0.1, 0.15) is 12.2 Å². The predicted octanol–water partition coefficient (Wildman–Crippen LogP) is 2.77. The Morgan fingerprint density at radius 2 is 1.79 bits per heavy atom. The van der Waals surface area contributed by atoms with Gasteiger partial charge in [-0.25, -0.2) is 9.37 Å². The summed E-state index contributed by atoms with van der Waals surface area (Å²) in [6, 6.07) is 9.71. The molecule has 0 fully saturated rings. The van der Waals surface area contributed by atoms with Crippen molar-refractivity contribution in [1.29, 1.82) is 0 Å². The van der Waals surface area contributed by atoms with Gasteiger partial charge in [-0.1, -0.05) is 0 Å². The molecular formula is C18H16FN3O2. The predicted molar refractivity (Wildman–Crippen MR) is 87.6 cm³/mol. The second-order valence-electron chi connectivity index (χ2n) is 5.34. The summed E-state index contributed by atoms with van der Waals surface area (Å²) in [5.74, 6) is 0.0934. The Labute approximate surface area is 138 Å². The Balaban J connectivity index is 2.03. The minimum absolute atomic E-state index is 0.0944. The standard InChI is InChI=1S/C18H16FN3O2/c19-14-3-1-12(2-4-14)17-18(13-5-8-20-9-6-13)22-16(21-17)11-15(24)7-10-23/h1-6,8-9,23H,7,10-11H2,(H,21,22). The molecule has 0 amide bonds. The molecule has 0 aliphatic carbocycles. The van der Waals surface area contributed by atoms with Crippen molar-refractivity contribution in [3.63, 3.8) is 0 Å². The molecule has 3 aromatic rings. The summed E-state index contributed by atoms with van der Waals surface area (Å²) in [6.07, 6.45) is 3.54. The molecule has 0 radical (unpaired) electrons. The lowest BCUT2D eigenvalue weighted by Gasteiger charge is -2.02. The number of aliphatic hydroxyl groups excluding tert-OH is 1. The van der Waals surface area contributed by atoms with E-state index in [-0.39, 0.29) is 31.0 Å². The summed E-state index contributed by atoms with van der Waals surface area (Å²) in [5.41, 5.74) is 3.02. The highest BCUT2D eigenvalue weighted by atomic mass is 19.1. The van der Waals surface area contributed by atoms with Gasteiger partial charge in [-0.15, -0.1) is 0 Å². The van der Waals surface area contributed by atoms with Crippen LogP contribution in [0.15, 0.2) is 48.8 Å². The van der Waals surface area contributed by atoms with Gasteiger partial charge >= 0.3 is 0 Å². The smallest absolute Gasteiger partial charge is 0.142 e. The lowest BCUT2D eigenvalue weighted by atomic mass is 10.1. The molecule has 0 unspecified atom stereocenters. The first-order valence-electron chi connectivity index (χ1n) is 7.55. The first-order valence-corrected chi connectivity index (χ1v) is 7.55. The number of aromatic amines is 1. The summed E-state index contributed by atoms with van der Waals surface area (Å²) < 4.78 is 13.2. The van der Waals surface area contributed by atoms with Crippen molar-refractivity contribution >= 4 is 5.78 Å². The number of halogens is 1. The summed E-state index contributed by atoms with van der Waals surface area (Å²) in [5, 5.41) is 8.86. The number of benzene rings is 1. The second kappa shape index (κ2) is 7.14. The quantitative estimate of drug-likeness (QED) is 0.730. The lowest BCUT2D eigenvalue weighted by Crippen LogP contribution is -2.06. The van der Waals surface area contributed by atoms with E-state index >= 15 is 0 Å². The molecule has 1 aromatic carbocycles. The van der Waals surface area contributed by atoms with Gasteiger partial charge in [-0.05, 0) is 36.4 Å². The Morgan fingerprint density at radius 3 is 2.46 bits per heavy atom. The maximum Gasteiger partial charge on any atom is 0.142 e. The summed E-state index contributed by atoms with van der Waals surface area (Å²) in [7, 11) is 0. The third-order valence-corrected chi connectivity index (χ3v) is 3.59. The van der Waals surface area contributed by atoms with Crippen LogP contribution in [0, 0.1) is 5.82 Å². The van der Waals surface area contributed by atoms with E-state index in [1.165, 1.54) is 12.1 Å². The summed E-state index contributed by atoms with van der Waals surface area (Å²) >= 11 is 0. The number of Topliss-reactive ketones (excluding diaryl/α,β-unsaturated/α-hetero) is 1. The number of nitrogens with zero attached hydrogens (tertiary/aromatic N) is 2. The highest BCUT2D eigenvalue weighted by Gasteiger charge is 2.16. The molecule has 0 aliphatic heterocycles. The molecule has 0 aliphatic rings. The van der Waals surface area contributed by atoms with Crippen molar-refractivity contribution in [3.8, 4) is 22.5 Å². The number of rotatable bonds is 6. The van der Waals surface area contributed by atoms with Gasteiger partial charge in [0.25, 0.3) is 0 Å². The van der Waals surface area contributed by atoms with Crippen LogP contribution in [0.25, 0.3) is 22.5 Å². The largest absolute Gasteiger partial charge is 0.396 e. The van der Waals surface area contributed by atoms with Crippen molar-refractivity contribution in [2.45, 2.75) is 12.8 Å². The van der Waals surface area contributed by atoms with Gasteiger partial charge in [-0.2, -0.15) is 0 Å². The van der Waals surface area contributed by atoms with Crippen LogP contribution >= 0.6 is 0 Å². The van der Waals surface area contributed by atoms with Gasteiger partial charge in [0.05, 0.1) is 17.8 Å². The fourth-order valence-corrected chi connectivity index (χ4v) is 2.45. The van der Waals surface area contributed by atoms with Crippen LogP contribution in [0.3, 0.4) is 0 Å². The van der Waals surface area contributed by atoms with E-state index in [4.69, 9.17) is 5.11 Å². The summed E-state index contributed by atoms with van der Waals surface area (Å²) in [6.45, 7) is -0.179. The van der Waals surface area contributed by atoms with Crippen LogP contribution in [0.5, 0.6) is 0 Å². The molecule has 0 atom stereocenters. The Kier molecular flexibility index (Phi) is 4.77. The number of carbonyl (C=O) groups excluding carboxylic acids is 1. The van der Waals surface area contributed by atoms with Crippen molar-refractivity contribution < 1.29 is 14.3 Å². The minimum atomic E-state index is -0.321. The highest BCUT2D eigenvalue weighted by molar-refractivity contribution is 5.82. The SMILES string of the molecule is O=C(CCO)Cc1nc(-c2ccc(F)cc2)c(-c2ccncc2)[nH]1. The third kappa shape index (κ3) is 3.55. The van der Waals surface area contributed by atoms with E-state index < -0.39 is 0 Å². The van der Waals surface area contributed by atoms with Gasteiger partial charge in [0.1, 0.15) is 17.4 Å². The fraction of sp³-hybridized carbons (Fsp3) is 0.167. The number of H-pyrrole nitrogens is 1. The van der Waals surface area contributed by atoms with Gasteiger partial charge in [-0.3, -0.25) is 9.78 Å². The lowest BCUT2D eigenvalue weighted by molar-refractivity contribution is -0.119. The van der Waals surface area contributed by atoms with Gasteiger partial charge < -0.3 is 10.1 Å². The fourth-order valence-electron chi connectivity index (χ4n) is 2.45. The van der Waals surface area contributed by atoms with Crippen molar-refractivity contribution in [2.75, 3.05) is 6.61 Å². The van der Waals surface area contributed by atoms with Crippen molar-refractivity contribution in [1.82, 2.24) is 15.0 Å². The van der Waals surface area contributed by atoms with Crippen molar-refractivity contribution in [2.24, 2.45) is 0 Å². The maximum atomic E-state index is 13.2. The number of ketones is 1. The average Bonchev–Trinajstić information content (AvgIpc) is 3.00. The number of nitrogens with one attached hydrogen (secondary N) is 1. The topological polar surface area (TPSA) is 78.9 Å². The van der Waals surface area contributed by atoms with Crippen molar-refractivity contribution in [3.05, 3.63) is 60.4 Å². The first-order chi connectivity index (χ1) is 11.7. The Hall–Kier alpha value is -2.86. The molecule has 0 spiro atoms. The number of imidazole rings is 1. The average molecular weight is 325 g/mol. The zero-order chi connectivity index (χ0) is 16.9. The number of hydrogen-bond acceptors (Lipinski definition) is 4. The van der Waals surface area contributed by atoms with Gasteiger partial charge in [0.15, 0.2) is 0 Å². The van der Waals surface area contributed by atoms with Crippen LogP contribution < -0.4 is 0 Å². The molecule has 2 heterocycles. The molecule has 0 bridgehead atoms. The highest BCUT2D eigenvalue weighted by Crippen LogP contribution is 2.30. The maximum absolute atomic E-state index is 13.2. The molecule has 2 aromatic heterocycles. The van der Waals surface area contributed by atoms with Crippen LogP contribution in [0.4, 0.5) is 4.39 Å². The van der Waals surface area contributed by atoms with Crippen LogP contribution in [-0.2, 0) is 11.2 Å². The molecule has 122 valence electrons. The van der Waals surface area contributed by atoms with Crippen LogP contribution in [0.2, 0.25) is 0 Å². The Bertz CT molecular complexity index is 829. The number of hydrogen-bond donors (Lipinski definition) is 2. The molecule has 24 heavy (non-hydrogen) atoms. The van der Waals surface area contributed by atoms with E-state index in [0.29, 0.717) is 11.5 Å². The van der Waals surface area contributed by atoms with Gasteiger partial charge in [0.2, 0.25) is 0 Å². The van der Waals surface area contributed by atoms with E-state index in [0.717, 1.165) is 16.8 Å². The Morgan fingerprint density at radius 1 is 1.08 bits per heavy atom.